The van der Waals surface area contributed by atoms with E-state index in [9.17, 15) is 14.7 Å². The predicted octanol–water partition coefficient (Wildman–Crippen LogP) is 3.00. The molecule has 1 heterocycles. The average molecular weight is 394 g/mol. The summed E-state index contributed by atoms with van der Waals surface area (Å²) >= 11 is 0. The maximum atomic E-state index is 13.4. The highest BCUT2D eigenvalue weighted by atomic mass is 16.5. The minimum absolute atomic E-state index is 0.0229. The highest BCUT2D eigenvalue weighted by Crippen LogP contribution is 2.31. The van der Waals surface area contributed by atoms with Crippen LogP contribution >= 0.6 is 0 Å². The zero-order valence-electron chi connectivity index (χ0n) is 16.3. The van der Waals surface area contributed by atoms with E-state index in [2.05, 4.69) is 5.32 Å². The lowest BCUT2D eigenvalue weighted by Gasteiger charge is -2.41. The van der Waals surface area contributed by atoms with Crippen LogP contribution in [0.2, 0.25) is 0 Å². The van der Waals surface area contributed by atoms with Crippen LogP contribution in [0, 0.1) is 5.92 Å². The van der Waals surface area contributed by atoms with E-state index in [4.69, 9.17) is 4.74 Å². The Morgan fingerprint density at radius 1 is 1.10 bits per heavy atom. The van der Waals surface area contributed by atoms with Crippen LogP contribution in [0.4, 0.5) is 5.69 Å². The zero-order chi connectivity index (χ0) is 20.2. The van der Waals surface area contributed by atoms with E-state index in [1.165, 1.54) is 0 Å². The molecule has 0 radical (unpaired) electrons. The molecule has 2 amide bonds. The van der Waals surface area contributed by atoms with Crippen molar-refractivity contribution in [2.75, 3.05) is 25.1 Å². The van der Waals surface area contributed by atoms with Gasteiger partial charge in [0.05, 0.1) is 19.3 Å². The third-order valence-corrected chi connectivity index (χ3v) is 5.79. The molecule has 6 heteroatoms. The number of rotatable bonds is 5. The van der Waals surface area contributed by atoms with Gasteiger partial charge in [-0.2, -0.15) is 0 Å². The van der Waals surface area contributed by atoms with Crippen molar-refractivity contribution in [3.05, 3.63) is 65.7 Å². The van der Waals surface area contributed by atoms with Crippen molar-refractivity contribution in [1.29, 1.82) is 0 Å². The number of carbonyl (C=O) groups is 2. The number of aliphatic hydroxyl groups is 1. The van der Waals surface area contributed by atoms with Crippen LogP contribution in [-0.4, -0.2) is 47.7 Å². The molecular weight excluding hydrogens is 368 g/mol. The minimum Gasteiger partial charge on any atom is -0.394 e. The molecule has 1 saturated heterocycles. The van der Waals surface area contributed by atoms with Crippen LogP contribution in [0.15, 0.2) is 54.6 Å². The molecule has 4 rings (SSSR count). The number of ether oxygens (including phenoxy) is 1. The Morgan fingerprint density at radius 3 is 2.59 bits per heavy atom. The first kappa shape index (κ1) is 19.6. The van der Waals surface area contributed by atoms with Crippen molar-refractivity contribution in [3.63, 3.8) is 0 Å². The topological polar surface area (TPSA) is 78.9 Å². The van der Waals surface area contributed by atoms with Crippen molar-refractivity contribution >= 4 is 17.5 Å². The maximum Gasteiger partial charge on any atom is 0.254 e. The number of morpholine rings is 1. The number of benzene rings is 2. The van der Waals surface area contributed by atoms with Gasteiger partial charge in [-0.15, -0.1) is 0 Å². The van der Waals surface area contributed by atoms with E-state index in [-0.39, 0.29) is 30.4 Å². The van der Waals surface area contributed by atoms with Crippen molar-refractivity contribution in [1.82, 2.24) is 4.90 Å². The number of aliphatic hydroxyl groups excluding tert-OH is 1. The van der Waals surface area contributed by atoms with Crippen LogP contribution in [0.25, 0.3) is 0 Å². The molecule has 29 heavy (non-hydrogen) atoms. The highest BCUT2D eigenvalue weighted by molar-refractivity contribution is 5.98. The second kappa shape index (κ2) is 8.76. The molecule has 1 saturated carbocycles. The third kappa shape index (κ3) is 4.18. The quantitative estimate of drug-likeness (QED) is 0.817. The fourth-order valence-electron chi connectivity index (χ4n) is 3.97. The molecule has 0 bridgehead atoms. The molecule has 2 atom stereocenters. The van der Waals surface area contributed by atoms with Crippen LogP contribution in [0.5, 0.6) is 0 Å². The van der Waals surface area contributed by atoms with Gasteiger partial charge in [-0.25, -0.2) is 0 Å². The monoisotopic (exact) mass is 394 g/mol. The summed E-state index contributed by atoms with van der Waals surface area (Å²) in [5.74, 6) is -0.0311. The summed E-state index contributed by atoms with van der Waals surface area (Å²) in [6.45, 7) is 0.646. The van der Waals surface area contributed by atoms with E-state index in [1.54, 1.807) is 29.2 Å². The van der Waals surface area contributed by atoms with Gasteiger partial charge in [0.15, 0.2) is 0 Å². The predicted molar refractivity (Wildman–Crippen MR) is 109 cm³/mol. The van der Waals surface area contributed by atoms with E-state index < -0.39 is 6.10 Å². The van der Waals surface area contributed by atoms with Gasteiger partial charge >= 0.3 is 0 Å². The number of nitrogens with zero attached hydrogens (tertiary/aromatic N) is 1. The molecule has 2 N–H and O–H groups in total. The maximum absolute atomic E-state index is 13.4. The van der Waals surface area contributed by atoms with Gasteiger partial charge in [0, 0.05) is 23.7 Å². The van der Waals surface area contributed by atoms with Crippen molar-refractivity contribution in [2.45, 2.75) is 31.4 Å². The van der Waals surface area contributed by atoms with Gasteiger partial charge in [-0.05, 0) is 36.6 Å². The molecule has 0 spiro atoms. The standard InChI is InChI=1S/C23H26N2O4/c26-15-20-21(16-6-2-1-3-7-16)25(12-13-29-20)23(28)18-10-5-11-19(14-18)24-22(27)17-8-4-9-17/h1-3,5-7,10-11,14,17,20-21,26H,4,8-9,12-13,15H2,(H,24,27)/t20-,21-/m1/s1. The van der Waals surface area contributed by atoms with Gasteiger partial charge < -0.3 is 20.1 Å². The molecule has 2 aromatic carbocycles. The lowest BCUT2D eigenvalue weighted by Crippen LogP contribution is -2.49. The molecule has 1 aliphatic carbocycles. The van der Waals surface area contributed by atoms with Gasteiger partial charge in [-0.1, -0.05) is 42.8 Å². The molecule has 2 aliphatic rings. The Kier molecular flexibility index (Phi) is 5.92. The van der Waals surface area contributed by atoms with E-state index >= 15 is 0 Å². The molecule has 152 valence electrons. The summed E-state index contributed by atoms with van der Waals surface area (Å²) in [4.78, 5) is 27.4. The number of amides is 2. The number of carbonyl (C=O) groups excluding carboxylic acids is 2. The molecule has 6 nitrogen and oxygen atoms in total. The number of anilines is 1. The van der Waals surface area contributed by atoms with Crippen LogP contribution in [-0.2, 0) is 9.53 Å². The van der Waals surface area contributed by atoms with E-state index in [0.717, 1.165) is 24.8 Å². The Hall–Kier alpha value is -2.70. The van der Waals surface area contributed by atoms with Crippen LogP contribution in [0.1, 0.15) is 41.2 Å². The minimum atomic E-state index is -0.475. The lowest BCUT2D eigenvalue weighted by molar-refractivity contribution is -0.122. The fraction of sp³-hybridized carbons (Fsp3) is 0.391. The Morgan fingerprint density at radius 2 is 1.90 bits per heavy atom. The first-order valence-electron chi connectivity index (χ1n) is 10.2. The number of hydrogen-bond acceptors (Lipinski definition) is 4. The van der Waals surface area contributed by atoms with Crippen molar-refractivity contribution in [2.24, 2.45) is 5.92 Å². The van der Waals surface area contributed by atoms with Crippen molar-refractivity contribution < 1.29 is 19.4 Å². The average Bonchev–Trinajstić information content (AvgIpc) is 2.72. The number of hydrogen-bond donors (Lipinski definition) is 2. The van der Waals surface area contributed by atoms with Gasteiger partial charge in [0.2, 0.25) is 5.91 Å². The van der Waals surface area contributed by atoms with E-state index in [1.807, 2.05) is 30.3 Å². The summed E-state index contributed by atoms with van der Waals surface area (Å²) in [6.07, 6.45) is 2.48. The summed E-state index contributed by atoms with van der Waals surface area (Å²) in [6, 6.07) is 16.3. The second-order valence-electron chi connectivity index (χ2n) is 7.64. The van der Waals surface area contributed by atoms with E-state index in [0.29, 0.717) is 24.4 Å². The first-order chi connectivity index (χ1) is 14.2. The zero-order valence-corrected chi connectivity index (χ0v) is 16.3. The summed E-state index contributed by atoms with van der Waals surface area (Å²) in [5.41, 5.74) is 2.07. The summed E-state index contributed by atoms with van der Waals surface area (Å²) in [7, 11) is 0. The molecular formula is C23H26N2O4. The first-order valence-corrected chi connectivity index (χ1v) is 10.2. The molecule has 2 aromatic rings. The third-order valence-electron chi connectivity index (χ3n) is 5.79. The van der Waals surface area contributed by atoms with Crippen LogP contribution < -0.4 is 5.32 Å². The molecule has 2 fully saturated rings. The highest BCUT2D eigenvalue weighted by Gasteiger charge is 2.36. The van der Waals surface area contributed by atoms with Crippen LogP contribution in [0.3, 0.4) is 0 Å². The SMILES string of the molecule is O=C(Nc1cccc(C(=O)N2CCO[C@H](CO)[C@H]2c2ccccc2)c1)C1CCC1. The van der Waals surface area contributed by atoms with Gasteiger partial charge in [0.1, 0.15) is 6.10 Å². The molecule has 0 aromatic heterocycles. The molecule has 1 aliphatic heterocycles. The summed E-state index contributed by atoms with van der Waals surface area (Å²) in [5, 5.41) is 12.7. The van der Waals surface area contributed by atoms with Crippen molar-refractivity contribution in [3.8, 4) is 0 Å². The smallest absolute Gasteiger partial charge is 0.254 e. The Labute approximate surface area is 170 Å². The lowest BCUT2D eigenvalue weighted by atomic mass is 9.85. The molecule has 0 unspecified atom stereocenters. The Bertz CT molecular complexity index is 866. The Balaban J connectivity index is 1.57. The van der Waals surface area contributed by atoms with Gasteiger partial charge in [-0.3, -0.25) is 9.59 Å². The normalized spacial score (nSPS) is 22.0. The number of nitrogens with one attached hydrogen (secondary N) is 1. The summed E-state index contributed by atoms with van der Waals surface area (Å²) < 4.78 is 5.73. The van der Waals surface area contributed by atoms with Gasteiger partial charge in [0.25, 0.3) is 5.91 Å². The fourth-order valence-corrected chi connectivity index (χ4v) is 3.97. The second-order valence-corrected chi connectivity index (χ2v) is 7.64. The largest absolute Gasteiger partial charge is 0.394 e.